The maximum atomic E-state index is 12.2. The molecule has 1 aliphatic carbocycles. The van der Waals surface area contributed by atoms with Crippen LogP contribution in [0.15, 0.2) is 24.3 Å². The molecule has 0 heterocycles. The smallest absolute Gasteiger partial charge is 0.261 e. The Kier molecular flexibility index (Phi) is 5.30. The largest absolute Gasteiger partial charge is 0.481 e. The van der Waals surface area contributed by atoms with Gasteiger partial charge in [0, 0.05) is 11.1 Å². The molecule has 1 fully saturated rings. The topological polar surface area (TPSA) is 38.3 Å². The standard InChI is InChI=1S/C16H22ClNO2/c1-11-5-3-4-6-15(11)18-16(19)12(2)20-14-9-7-13(17)8-10-14/h7-12,15H,3-6H2,1-2H3,(H,18,19). The second-order valence-corrected chi connectivity index (χ2v) is 6.03. The molecule has 1 N–H and O–H groups in total. The summed E-state index contributed by atoms with van der Waals surface area (Å²) in [6.45, 7) is 3.98. The first-order chi connectivity index (χ1) is 9.56. The fraction of sp³-hybridized carbons (Fsp3) is 0.562. The Morgan fingerprint density at radius 1 is 1.30 bits per heavy atom. The number of rotatable bonds is 4. The molecular weight excluding hydrogens is 274 g/mol. The number of halogens is 1. The number of hydrogen-bond acceptors (Lipinski definition) is 2. The van der Waals surface area contributed by atoms with Crippen LogP contribution in [0.3, 0.4) is 0 Å². The third-order valence-electron chi connectivity index (χ3n) is 3.93. The van der Waals surface area contributed by atoms with Crippen LogP contribution in [0.5, 0.6) is 5.75 Å². The van der Waals surface area contributed by atoms with Crippen LogP contribution in [0, 0.1) is 5.92 Å². The van der Waals surface area contributed by atoms with E-state index >= 15 is 0 Å². The fourth-order valence-corrected chi connectivity index (χ4v) is 2.73. The fourth-order valence-electron chi connectivity index (χ4n) is 2.60. The van der Waals surface area contributed by atoms with E-state index in [4.69, 9.17) is 16.3 Å². The first-order valence-electron chi connectivity index (χ1n) is 7.29. The first-order valence-corrected chi connectivity index (χ1v) is 7.66. The van der Waals surface area contributed by atoms with Crippen molar-refractivity contribution in [2.24, 2.45) is 5.92 Å². The van der Waals surface area contributed by atoms with Crippen LogP contribution in [0.25, 0.3) is 0 Å². The van der Waals surface area contributed by atoms with Crippen LogP contribution in [0.2, 0.25) is 5.02 Å². The summed E-state index contributed by atoms with van der Waals surface area (Å²) in [4.78, 5) is 12.2. The van der Waals surface area contributed by atoms with E-state index < -0.39 is 6.10 Å². The molecule has 0 saturated heterocycles. The molecule has 110 valence electrons. The van der Waals surface area contributed by atoms with Gasteiger partial charge in [0.1, 0.15) is 5.75 Å². The van der Waals surface area contributed by atoms with Crippen LogP contribution in [0.4, 0.5) is 0 Å². The monoisotopic (exact) mass is 295 g/mol. The van der Waals surface area contributed by atoms with E-state index in [0.717, 1.165) is 6.42 Å². The molecular formula is C16H22ClNO2. The minimum Gasteiger partial charge on any atom is -0.481 e. The highest BCUT2D eigenvalue weighted by Gasteiger charge is 2.25. The predicted molar refractivity (Wildman–Crippen MR) is 81.1 cm³/mol. The van der Waals surface area contributed by atoms with Crippen LogP contribution in [0.1, 0.15) is 39.5 Å². The van der Waals surface area contributed by atoms with Crippen molar-refractivity contribution in [2.45, 2.75) is 51.7 Å². The molecule has 0 radical (unpaired) electrons. The Labute approximate surface area is 125 Å². The van der Waals surface area contributed by atoms with E-state index in [1.807, 2.05) is 0 Å². The molecule has 0 aromatic heterocycles. The van der Waals surface area contributed by atoms with Gasteiger partial charge in [-0.3, -0.25) is 4.79 Å². The first kappa shape index (κ1) is 15.2. The van der Waals surface area contributed by atoms with Gasteiger partial charge in [-0.15, -0.1) is 0 Å². The van der Waals surface area contributed by atoms with E-state index in [2.05, 4.69) is 12.2 Å². The number of hydrogen-bond donors (Lipinski definition) is 1. The van der Waals surface area contributed by atoms with Crippen molar-refractivity contribution in [3.63, 3.8) is 0 Å². The molecule has 1 saturated carbocycles. The molecule has 0 spiro atoms. The van der Waals surface area contributed by atoms with Gasteiger partial charge in [-0.25, -0.2) is 0 Å². The predicted octanol–water partition coefficient (Wildman–Crippen LogP) is 3.80. The lowest BCUT2D eigenvalue weighted by Gasteiger charge is -2.30. The number of carbonyl (C=O) groups is 1. The molecule has 2 rings (SSSR count). The molecule has 1 aromatic rings. The Balaban J connectivity index is 1.86. The van der Waals surface area contributed by atoms with Crippen molar-refractivity contribution >= 4 is 17.5 Å². The molecule has 20 heavy (non-hydrogen) atoms. The van der Waals surface area contributed by atoms with Crippen LogP contribution in [-0.4, -0.2) is 18.1 Å². The number of carbonyl (C=O) groups excluding carboxylic acids is 1. The van der Waals surface area contributed by atoms with Gasteiger partial charge in [-0.1, -0.05) is 31.4 Å². The summed E-state index contributed by atoms with van der Waals surface area (Å²) < 4.78 is 5.64. The van der Waals surface area contributed by atoms with Crippen LogP contribution in [-0.2, 0) is 4.79 Å². The number of amides is 1. The lowest BCUT2D eigenvalue weighted by atomic mass is 9.86. The zero-order chi connectivity index (χ0) is 14.5. The highest BCUT2D eigenvalue weighted by molar-refractivity contribution is 6.30. The minimum atomic E-state index is -0.495. The highest BCUT2D eigenvalue weighted by Crippen LogP contribution is 2.24. The highest BCUT2D eigenvalue weighted by atomic mass is 35.5. The summed E-state index contributed by atoms with van der Waals surface area (Å²) in [5.74, 6) is 1.17. The van der Waals surface area contributed by atoms with Gasteiger partial charge in [0.25, 0.3) is 5.91 Å². The quantitative estimate of drug-likeness (QED) is 0.917. The summed E-state index contributed by atoms with van der Waals surface area (Å²) in [5, 5.41) is 3.77. The van der Waals surface area contributed by atoms with Gasteiger partial charge in [-0.2, -0.15) is 0 Å². The molecule has 1 aliphatic rings. The lowest BCUT2D eigenvalue weighted by Crippen LogP contribution is -2.46. The SMILES string of the molecule is CC(Oc1ccc(Cl)cc1)C(=O)NC1CCCCC1C. The maximum absolute atomic E-state index is 12.2. The van der Waals surface area contributed by atoms with Crippen molar-refractivity contribution in [3.8, 4) is 5.75 Å². The molecule has 0 bridgehead atoms. The van der Waals surface area contributed by atoms with Gasteiger partial charge in [0.15, 0.2) is 6.10 Å². The van der Waals surface area contributed by atoms with E-state index in [1.54, 1.807) is 31.2 Å². The third-order valence-corrected chi connectivity index (χ3v) is 4.19. The van der Waals surface area contributed by atoms with Gasteiger partial charge in [0.05, 0.1) is 0 Å². The number of ether oxygens (including phenoxy) is 1. The van der Waals surface area contributed by atoms with Crippen LogP contribution >= 0.6 is 11.6 Å². The van der Waals surface area contributed by atoms with E-state index in [1.165, 1.54) is 19.3 Å². The minimum absolute atomic E-state index is 0.0429. The zero-order valence-electron chi connectivity index (χ0n) is 12.1. The van der Waals surface area contributed by atoms with Crippen LogP contribution < -0.4 is 10.1 Å². The Hall–Kier alpha value is -1.22. The summed E-state index contributed by atoms with van der Waals surface area (Å²) in [5.41, 5.74) is 0. The maximum Gasteiger partial charge on any atom is 0.261 e. The number of benzene rings is 1. The summed E-state index contributed by atoms with van der Waals surface area (Å²) in [7, 11) is 0. The van der Waals surface area contributed by atoms with Gasteiger partial charge >= 0.3 is 0 Å². The molecule has 4 heteroatoms. The van der Waals surface area contributed by atoms with Crippen molar-refractivity contribution in [3.05, 3.63) is 29.3 Å². The van der Waals surface area contributed by atoms with E-state index in [-0.39, 0.29) is 11.9 Å². The van der Waals surface area contributed by atoms with Gasteiger partial charge in [0.2, 0.25) is 0 Å². The van der Waals surface area contributed by atoms with Crippen molar-refractivity contribution in [2.75, 3.05) is 0 Å². The third kappa shape index (κ3) is 4.14. The second-order valence-electron chi connectivity index (χ2n) is 5.59. The van der Waals surface area contributed by atoms with Gasteiger partial charge < -0.3 is 10.1 Å². The second kappa shape index (κ2) is 6.98. The summed E-state index contributed by atoms with van der Waals surface area (Å²) in [6.07, 6.45) is 4.23. The Bertz CT molecular complexity index is 446. The zero-order valence-corrected chi connectivity index (χ0v) is 12.8. The molecule has 3 atom stereocenters. The van der Waals surface area contributed by atoms with Gasteiger partial charge in [-0.05, 0) is 49.9 Å². The number of nitrogens with one attached hydrogen (secondary N) is 1. The van der Waals surface area contributed by atoms with E-state index in [9.17, 15) is 4.79 Å². The van der Waals surface area contributed by atoms with Crippen molar-refractivity contribution in [1.82, 2.24) is 5.32 Å². The summed E-state index contributed by atoms with van der Waals surface area (Å²) in [6, 6.07) is 7.34. The van der Waals surface area contributed by atoms with Crippen molar-refractivity contribution < 1.29 is 9.53 Å². The average molecular weight is 296 g/mol. The molecule has 1 aromatic carbocycles. The molecule has 3 nitrogen and oxygen atoms in total. The van der Waals surface area contributed by atoms with E-state index in [0.29, 0.717) is 16.7 Å². The Morgan fingerprint density at radius 2 is 1.95 bits per heavy atom. The average Bonchev–Trinajstić information content (AvgIpc) is 2.44. The molecule has 3 unspecified atom stereocenters. The van der Waals surface area contributed by atoms with Crippen molar-refractivity contribution in [1.29, 1.82) is 0 Å². The molecule has 0 aliphatic heterocycles. The lowest BCUT2D eigenvalue weighted by molar-refractivity contribution is -0.128. The molecule has 1 amide bonds. The normalized spacial score (nSPS) is 23.9. The summed E-state index contributed by atoms with van der Waals surface area (Å²) >= 11 is 5.82. The Morgan fingerprint density at radius 3 is 2.60 bits per heavy atom.